The monoisotopic (exact) mass is 226 g/mol. The third kappa shape index (κ3) is 4.20. The second-order valence-electron chi connectivity index (χ2n) is 4.15. The SMILES string of the molecule is CCCCCC(N)NC1C=CN(C)C(=O)N1. The van der Waals surface area contributed by atoms with Crippen LogP contribution in [0.15, 0.2) is 12.3 Å². The average molecular weight is 226 g/mol. The molecule has 0 saturated heterocycles. The van der Waals surface area contributed by atoms with Crippen LogP contribution in [0.5, 0.6) is 0 Å². The smallest absolute Gasteiger partial charge is 0.319 e. The maximum atomic E-state index is 11.3. The number of hydrogen-bond donors (Lipinski definition) is 3. The highest BCUT2D eigenvalue weighted by molar-refractivity contribution is 5.76. The van der Waals surface area contributed by atoms with Gasteiger partial charge in [-0.3, -0.25) is 5.32 Å². The molecule has 0 fully saturated rings. The van der Waals surface area contributed by atoms with Gasteiger partial charge in [0.15, 0.2) is 0 Å². The molecule has 5 nitrogen and oxygen atoms in total. The van der Waals surface area contributed by atoms with Gasteiger partial charge in [0.2, 0.25) is 0 Å². The minimum absolute atomic E-state index is 0.0649. The van der Waals surface area contributed by atoms with Crippen LogP contribution >= 0.6 is 0 Å². The van der Waals surface area contributed by atoms with Crippen molar-refractivity contribution in [2.75, 3.05) is 7.05 Å². The second-order valence-corrected chi connectivity index (χ2v) is 4.15. The number of rotatable bonds is 6. The molecule has 0 radical (unpaired) electrons. The summed E-state index contributed by atoms with van der Waals surface area (Å²) in [5.74, 6) is 0. The van der Waals surface area contributed by atoms with E-state index in [1.807, 2.05) is 6.08 Å². The Morgan fingerprint density at radius 3 is 3.00 bits per heavy atom. The van der Waals surface area contributed by atoms with Crippen molar-refractivity contribution in [2.24, 2.45) is 5.73 Å². The van der Waals surface area contributed by atoms with Crippen LogP contribution in [0.1, 0.15) is 32.6 Å². The molecule has 16 heavy (non-hydrogen) atoms. The zero-order chi connectivity index (χ0) is 12.0. The minimum Gasteiger partial charge on any atom is -0.319 e. The van der Waals surface area contributed by atoms with Crippen molar-refractivity contribution in [3.63, 3.8) is 0 Å². The fourth-order valence-electron chi connectivity index (χ4n) is 1.59. The van der Waals surface area contributed by atoms with E-state index in [0.717, 1.165) is 12.8 Å². The zero-order valence-electron chi connectivity index (χ0n) is 10.1. The Labute approximate surface area is 97.1 Å². The van der Waals surface area contributed by atoms with Crippen LogP contribution in [-0.2, 0) is 0 Å². The maximum absolute atomic E-state index is 11.3. The molecule has 5 heteroatoms. The molecule has 2 amide bonds. The third-order valence-electron chi connectivity index (χ3n) is 2.61. The number of nitrogens with zero attached hydrogens (tertiary/aromatic N) is 1. The van der Waals surface area contributed by atoms with Crippen molar-refractivity contribution >= 4 is 6.03 Å². The minimum atomic E-state index is -0.152. The van der Waals surface area contributed by atoms with E-state index in [1.54, 1.807) is 13.2 Å². The summed E-state index contributed by atoms with van der Waals surface area (Å²) in [6.45, 7) is 2.17. The fraction of sp³-hybridized carbons (Fsp3) is 0.727. The lowest BCUT2D eigenvalue weighted by Crippen LogP contribution is -2.55. The number of unbranched alkanes of at least 4 members (excludes halogenated alkanes) is 2. The Bertz CT molecular complexity index is 254. The van der Waals surface area contributed by atoms with Gasteiger partial charge in [-0.05, 0) is 12.5 Å². The van der Waals surface area contributed by atoms with Gasteiger partial charge in [0, 0.05) is 13.2 Å². The van der Waals surface area contributed by atoms with Crippen molar-refractivity contribution in [1.82, 2.24) is 15.5 Å². The number of hydrogen-bond acceptors (Lipinski definition) is 3. The van der Waals surface area contributed by atoms with E-state index in [9.17, 15) is 4.79 Å². The average Bonchev–Trinajstić information content (AvgIpc) is 2.24. The molecule has 1 aliphatic heterocycles. The number of amides is 2. The molecule has 2 atom stereocenters. The van der Waals surface area contributed by atoms with Gasteiger partial charge in [-0.15, -0.1) is 0 Å². The van der Waals surface area contributed by atoms with Crippen LogP contribution in [-0.4, -0.2) is 30.3 Å². The molecule has 2 unspecified atom stereocenters. The van der Waals surface area contributed by atoms with Gasteiger partial charge in [-0.1, -0.05) is 26.2 Å². The maximum Gasteiger partial charge on any atom is 0.322 e. The zero-order valence-corrected chi connectivity index (χ0v) is 10.1. The Kier molecular flexibility index (Phi) is 5.28. The Morgan fingerprint density at radius 1 is 1.62 bits per heavy atom. The molecule has 0 aromatic heterocycles. The summed E-state index contributed by atoms with van der Waals surface area (Å²) in [6.07, 6.45) is 7.86. The normalized spacial score (nSPS) is 22.1. The van der Waals surface area contributed by atoms with Gasteiger partial charge in [-0.2, -0.15) is 0 Å². The van der Waals surface area contributed by atoms with Crippen LogP contribution in [0.25, 0.3) is 0 Å². The summed E-state index contributed by atoms with van der Waals surface area (Å²) in [4.78, 5) is 12.8. The van der Waals surface area contributed by atoms with Gasteiger partial charge in [0.25, 0.3) is 0 Å². The van der Waals surface area contributed by atoms with Crippen molar-refractivity contribution < 1.29 is 4.79 Å². The molecule has 0 spiro atoms. The second kappa shape index (κ2) is 6.50. The number of nitrogens with two attached hydrogens (primary N) is 1. The molecular weight excluding hydrogens is 204 g/mol. The van der Waals surface area contributed by atoms with Crippen molar-refractivity contribution in [3.8, 4) is 0 Å². The summed E-state index contributed by atoms with van der Waals surface area (Å²) in [7, 11) is 1.71. The van der Waals surface area contributed by atoms with E-state index in [0.29, 0.717) is 0 Å². The summed E-state index contributed by atoms with van der Waals surface area (Å²) in [5.41, 5.74) is 5.92. The molecule has 0 saturated carbocycles. The van der Waals surface area contributed by atoms with E-state index in [-0.39, 0.29) is 18.4 Å². The van der Waals surface area contributed by atoms with Crippen LogP contribution in [0.3, 0.4) is 0 Å². The van der Waals surface area contributed by atoms with Gasteiger partial charge in [0.05, 0.1) is 6.17 Å². The summed E-state index contributed by atoms with van der Waals surface area (Å²) < 4.78 is 0. The highest BCUT2D eigenvalue weighted by Crippen LogP contribution is 2.02. The first-order valence-corrected chi connectivity index (χ1v) is 5.86. The van der Waals surface area contributed by atoms with E-state index in [4.69, 9.17) is 5.73 Å². The van der Waals surface area contributed by atoms with Crippen LogP contribution in [0.4, 0.5) is 4.79 Å². The molecule has 1 heterocycles. The fourth-order valence-corrected chi connectivity index (χ4v) is 1.59. The predicted octanol–water partition coefficient (Wildman–Crippen LogP) is 0.936. The number of urea groups is 1. The highest BCUT2D eigenvalue weighted by Gasteiger charge is 2.17. The van der Waals surface area contributed by atoms with E-state index in [1.165, 1.54) is 17.7 Å². The molecule has 1 rings (SSSR count). The first-order chi connectivity index (χ1) is 7.63. The molecule has 0 aliphatic carbocycles. The Balaban J connectivity index is 2.26. The first-order valence-electron chi connectivity index (χ1n) is 5.86. The van der Waals surface area contributed by atoms with E-state index < -0.39 is 0 Å². The summed E-state index contributed by atoms with van der Waals surface area (Å²) in [6, 6.07) is -0.110. The lowest BCUT2D eigenvalue weighted by Gasteiger charge is -2.27. The molecule has 0 aromatic rings. The summed E-state index contributed by atoms with van der Waals surface area (Å²) >= 11 is 0. The van der Waals surface area contributed by atoms with E-state index in [2.05, 4.69) is 17.6 Å². The Hall–Kier alpha value is -1.07. The quantitative estimate of drug-likeness (QED) is 0.466. The van der Waals surface area contributed by atoms with Crippen molar-refractivity contribution in [2.45, 2.75) is 44.9 Å². The molecule has 92 valence electrons. The van der Waals surface area contributed by atoms with Crippen molar-refractivity contribution in [1.29, 1.82) is 0 Å². The topological polar surface area (TPSA) is 70.4 Å². The molecule has 0 aromatic carbocycles. The first kappa shape index (κ1) is 13.0. The van der Waals surface area contributed by atoms with Gasteiger partial charge in [0.1, 0.15) is 6.17 Å². The lowest BCUT2D eigenvalue weighted by atomic mass is 10.2. The van der Waals surface area contributed by atoms with Gasteiger partial charge >= 0.3 is 6.03 Å². The predicted molar refractivity (Wildman–Crippen MR) is 64.5 cm³/mol. The number of nitrogens with one attached hydrogen (secondary N) is 2. The Morgan fingerprint density at radius 2 is 2.38 bits per heavy atom. The highest BCUT2D eigenvalue weighted by atomic mass is 16.2. The molecular formula is C11H22N4O. The van der Waals surface area contributed by atoms with Crippen LogP contribution in [0, 0.1) is 0 Å². The lowest BCUT2D eigenvalue weighted by molar-refractivity contribution is 0.212. The van der Waals surface area contributed by atoms with Gasteiger partial charge in [-0.25, -0.2) is 4.79 Å². The largest absolute Gasteiger partial charge is 0.322 e. The van der Waals surface area contributed by atoms with E-state index >= 15 is 0 Å². The number of carbonyl (C=O) groups excluding carboxylic acids is 1. The molecule has 0 bridgehead atoms. The van der Waals surface area contributed by atoms with Crippen LogP contribution in [0.2, 0.25) is 0 Å². The molecule has 4 N–H and O–H groups in total. The standard InChI is InChI=1S/C11H22N4O/c1-3-4-5-6-9(12)13-10-7-8-15(2)11(16)14-10/h7-10,13H,3-6,12H2,1-2H3,(H,14,16). The third-order valence-corrected chi connectivity index (χ3v) is 2.61. The number of carbonyl (C=O) groups is 1. The van der Waals surface area contributed by atoms with Crippen LogP contribution < -0.4 is 16.4 Å². The van der Waals surface area contributed by atoms with Gasteiger partial charge < -0.3 is 16.0 Å². The van der Waals surface area contributed by atoms with Crippen molar-refractivity contribution in [3.05, 3.63) is 12.3 Å². The summed E-state index contributed by atoms with van der Waals surface area (Å²) in [5, 5.41) is 5.96. The molecule has 1 aliphatic rings.